The molecule has 0 radical (unpaired) electrons. The predicted octanol–water partition coefficient (Wildman–Crippen LogP) is 2.81. The molecule has 0 heterocycles. The van der Waals surface area contributed by atoms with E-state index in [1.54, 1.807) is 19.1 Å². The van der Waals surface area contributed by atoms with E-state index in [0.29, 0.717) is 28.3 Å². The summed E-state index contributed by atoms with van der Waals surface area (Å²) in [6.45, 7) is 1.60. The van der Waals surface area contributed by atoms with Crippen LogP contribution in [0.1, 0.15) is 32.6 Å². The molecule has 1 aromatic rings. The average Bonchev–Trinajstić information content (AvgIpc) is 3.16. The van der Waals surface area contributed by atoms with Gasteiger partial charge in [-0.25, -0.2) is 8.42 Å². The van der Waals surface area contributed by atoms with Crippen molar-refractivity contribution >= 4 is 33.2 Å². The van der Waals surface area contributed by atoms with Crippen molar-refractivity contribution in [3.8, 4) is 5.75 Å². The van der Waals surface area contributed by atoms with Crippen LogP contribution in [-0.4, -0.2) is 39.8 Å². The van der Waals surface area contributed by atoms with Crippen molar-refractivity contribution in [2.45, 2.75) is 44.7 Å². The number of ether oxygens (including phenoxy) is 1. The van der Waals surface area contributed by atoms with Gasteiger partial charge in [-0.3, -0.25) is 9.10 Å². The number of methoxy groups -OCH3 is 1. The fourth-order valence-electron chi connectivity index (χ4n) is 4.33. The molecule has 26 heavy (non-hydrogen) atoms. The van der Waals surface area contributed by atoms with E-state index in [1.165, 1.54) is 26.0 Å². The minimum absolute atomic E-state index is 0.157. The van der Waals surface area contributed by atoms with Gasteiger partial charge in [0, 0.05) is 6.04 Å². The predicted molar refractivity (Wildman–Crippen MR) is 102 cm³/mol. The fourth-order valence-corrected chi connectivity index (χ4v) is 5.74. The lowest BCUT2D eigenvalue weighted by molar-refractivity contribution is -0.122. The molecule has 4 atom stereocenters. The van der Waals surface area contributed by atoms with Gasteiger partial charge >= 0.3 is 0 Å². The van der Waals surface area contributed by atoms with Crippen LogP contribution in [-0.2, 0) is 14.8 Å². The minimum Gasteiger partial charge on any atom is -0.495 e. The Bertz CT molecular complexity index is 798. The van der Waals surface area contributed by atoms with Crippen molar-refractivity contribution in [1.29, 1.82) is 0 Å². The van der Waals surface area contributed by atoms with E-state index in [1.807, 2.05) is 0 Å². The van der Waals surface area contributed by atoms with E-state index in [4.69, 9.17) is 16.3 Å². The number of benzene rings is 1. The number of hydrogen-bond acceptors (Lipinski definition) is 4. The number of rotatable bonds is 6. The Morgan fingerprint density at radius 3 is 2.58 bits per heavy atom. The standard InChI is InChI=1S/C18H25ClN2O4S/c1-11(18(22)20-16-9-12-4-5-13(16)8-12)21(26(3,23)24)14-6-7-17(25-2)15(19)10-14/h6-7,10-13,16H,4-5,8-9H2,1-3H3,(H,20,22)/t11-,12-,13-,16+/m0/s1. The normalized spacial score (nSPS) is 25.8. The lowest BCUT2D eigenvalue weighted by Gasteiger charge is -2.31. The Labute approximate surface area is 159 Å². The Hall–Kier alpha value is -1.47. The summed E-state index contributed by atoms with van der Waals surface area (Å²) in [5, 5.41) is 3.36. The van der Waals surface area contributed by atoms with Crippen LogP contribution in [0.25, 0.3) is 0 Å². The second-order valence-electron chi connectivity index (χ2n) is 7.34. The SMILES string of the molecule is COc1ccc(N([C@@H](C)C(=O)N[C@@H]2C[C@H]3CC[C@H]2C3)S(C)(=O)=O)cc1Cl. The lowest BCUT2D eigenvalue weighted by Crippen LogP contribution is -2.51. The first-order valence-corrected chi connectivity index (χ1v) is 11.1. The zero-order valence-electron chi connectivity index (χ0n) is 15.2. The third kappa shape index (κ3) is 3.78. The van der Waals surface area contributed by atoms with Crippen LogP contribution in [0, 0.1) is 11.8 Å². The maximum atomic E-state index is 12.8. The molecule has 1 amide bonds. The van der Waals surface area contributed by atoms with Crippen LogP contribution in [0.2, 0.25) is 5.02 Å². The first-order valence-electron chi connectivity index (χ1n) is 8.84. The third-order valence-electron chi connectivity index (χ3n) is 5.54. The first kappa shape index (κ1) is 19.3. The zero-order chi connectivity index (χ0) is 19.1. The van der Waals surface area contributed by atoms with Gasteiger partial charge in [-0.15, -0.1) is 0 Å². The quantitative estimate of drug-likeness (QED) is 0.796. The second-order valence-corrected chi connectivity index (χ2v) is 9.61. The highest BCUT2D eigenvalue weighted by molar-refractivity contribution is 7.92. The molecule has 144 valence electrons. The van der Waals surface area contributed by atoms with Crippen molar-refractivity contribution in [1.82, 2.24) is 5.32 Å². The fraction of sp³-hybridized carbons (Fsp3) is 0.611. The van der Waals surface area contributed by atoms with Gasteiger partial charge in [0.1, 0.15) is 11.8 Å². The topological polar surface area (TPSA) is 75.7 Å². The highest BCUT2D eigenvalue weighted by atomic mass is 35.5. The summed E-state index contributed by atoms with van der Waals surface area (Å²) in [6, 6.07) is 3.98. The van der Waals surface area contributed by atoms with Gasteiger partial charge in [-0.2, -0.15) is 0 Å². The van der Waals surface area contributed by atoms with E-state index in [9.17, 15) is 13.2 Å². The Balaban J connectivity index is 1.81. The average molecular weight is 401 g/mol. The summed E-state index contributed by atoms with van der Waals surface area (Å²) < 4.78 is 31.0. The van der Waals surface area contributed by atoms with Crippen LogP contribution >= 0.6 is 11.6 Å². The molecule has 2 bridgehead atoms. The summed E-state index contributed by atoms with van der Waals surface area (Å²) in [5.41, 5.74) is 0.342. The number of sulfonamides is 1. The monoisotopic (exact) mass is 400 g/mol. The molecule has 1 aromatic carbocycles. The van der Waals surface area contributed by atoms with Crippen LogP contribution < -0.4 is 14.4 Å². The van der Waals surface area contributed by atoms with Crippen LogP contribution in [0.5, 0.6) is 5.75 Å². The number of hydrogen-bond donors (Lipinski definition) is 1. The molecule has 0 aromatic heterocycles. The van der Waals surface area contributed by atoms with Gasteiger partial charge in [0.05, 0.1) is 24.1 Å². The summed E-state index contributed by atoms with van der Waals surface area (Å²) in [6.07, 6.45) is 5.65. The summed E-state index contributed by atoms with van der Waals surface area (Å²) >= 11 is 6.14. The van der Waals surface area contributed by atoms with E-state index in [0.717, 1.165) is 23.4 Å². The number of carbonyl (C=O) groups excluding carboxylic acids is 1. The van der Waals surface area contributed by atoms with E-state index < -0.39 is 16.1 Å². The third-order valence-corrected chi connectivity index (χ3v) is 7.08. The Kier molecular flexibility index (Phi) is 5.40. The number of anilines is 1. The van der Waals surface area contributed by atoms with Crippen molar-refractivity contribution in [3.05, 3.63) is 23.2 Å². The summed E-state index contributed by atoms with van der Waals surface area (Å²) in [5.74, 6) is 1.40. The highest BCUT2D eigenvalue weighted by Gasteiger charge is 2.41. The smallest absolute Gasteiger partial charge is 0.243 e. The van der Waals surface area contributed by atoms with Gasteiger partial charge in [-0.05, 0) is 56.2 Å². The molecule has 0 aliphatic heterocycles. The maximum absolute atomic E-state index is 12.8. The first-order chi connectivity index (χ1) is 12.2. The molecule has 2 aliphatic carbocycles. The maximum Gasteiger partial charge on any atom is 0.243 e. The van der Waals surface area contributed by atoms with E-state index >= 15 is 0 Å². The number of amides is 1. The molecule has 2 fully saturated rings. The summed E-state index contributed by atoms with van der Waals surface area (Å²) in [4.78, 5) is 12.8. The van der Waals surface area contributed by atoms with Crippen molar-refractivity contribution < 1.29 is 17.9 Å². The van der Waals surface area contributed by atoms with Gasteiger partial charge in [-0.1, -0.05) is 18.0 Å². The molecule has 6 nitrogen and oxygen atoms in total. The minimum atomic E-state index is -3.67. The Morgan fingerprint density at radius 2 is 2.08 bits per heavy atom. The molecular weight excluding hydrogens is 376 g/mol. The van der Waals surface area contributed by atoms with Gasteiger partial charge in [0.25, 0.3) is 0 Å². The van der Waals surface area contributed by atoms with Crippen LogP contribution in [0.3, 0.4) is 0 Å². The van der Waals surface area contributed by atoms with Crippen molar-refractivity contribution in [2.75, 3.05) is 17.7 Å². The molecular formula is C18H25ClN2O4S. The largest absolute Gasteiger partial charge is 0.495 e. The zero-order valence-corrected chi connectivity index (χ0v) is 16.8. The molecule has 3 rings (SSSR count). The number of halogens is 1. The lowest BCUT2D eigenvalue weighted by atomic mass is 9.95. The number of nitrogens with one attached hydrogen (secondary N) is 1. The van der Waals surface area contributed by atoms with E-state index in [-0.39, 0.29) is 11.9 Å². The summed E-state index contributed by atoms with van der Waals surface area (Å²) in [7, 11) is -2.18. The Morgan fingerprint density at radius 1 is 1.35 bits per heavy atom. The number of fused-ring (bicyclic) bond motifs is 2. The molecule has 1 N–H and O–H groups in total. The molecule has 2 saturated carbocycles. The second kappa shape index (κ2) is 7.27. The number of carbonyl (C=O) groups is 1. The molecule has 2 aliphatic rings. The molecule has 0 saturated heterocycles. The van der Waals surface area contributed by atoms with Crippen LogP contribution in [0.4, 0.5) is 5.69 Å². The van der Waals surface area contributed by atoms with Crippen molar-refractivity contribution in [3.63, 3.8) is 0 Å². The van der Waals surface area contributed by atoms with Gasteiger partial charge in [0.15, 0.2) is 0 Å². The molecule has 0 spiro atoms. The van der Waals surface area contributed by atoms with Crippen molar-refractivity contribution in [2.24, 2.45) is 11.8 Å². The van der Waals surface area contributed by atoms with Gasteiger partial charge in [0.2, 0.25) is 15.9 Å². The molecule has 8 heteroatoms. The highest BCUT2D eigenvalue weighted by Crippen LogP contribution is 2.44. The van der Waals surface area contributed by atoms with E-state index in [2.05, 4.69) is 5.32 Å². The number of nitrogens with zero attached hydrogens (tertiary/aromatic N) is 1. The van der Waals surface area contributed by atoms with Crippen LogP contribution in [0.15, 0.2) is 18.2 Å². The van der Waals surface area contributed by atoms with Gasteiger partial charge < -0.3 is 10.1 Å². The molecule has 0 unspecified atom stereocenters.